The minimum atomic E-state index is 0.432. The van der Waals surface area contributed by atoms with Crippen molar-refractivity contribution < 1.29 is 0 Å². The molecule has 0 nitrogen and oxygen atoms in total. The van der Waals surface area contributed by atoms with E-state index in [2.05, 4.69) is 52.8 Å². The molecular weight excluding hydrogens is 264 g/mol. The second kappa shape index (κ2) is 4.40. The van der Waals surface area contributed by atoms with Gasteiger partial charge in [0, 0.05) is 0 Å². The van der Waals surface area contributed by atoms with Crippen molar-refractivity contribution in [1.82, 2.24) is 0 Å². The molecule has 0 unspecified atom stereocenters. The Morgan fingerprint density at radius 2 is 1.73 bits per heavy atom. The minimum absolute atomic E-state index is 0.432. The quantitative estimate of drug-likeness (QED) is 0.546. The normalized spacial score (nSPS) is 42.4. The van der Waals surface area contributed by atoms with Crippen molar-refractivity contribution in [3.8, 4) is 0 Å². The van der Waals surface area contributed by atoms with Gasteiger partial charge in [-0.2, -0.15) is 0 Å². The molecule has 0 saturated heterocycles. The van der Waals surface area contributed by atoms with Crippen LogP contribution in [0.2, 0.25) is 0 Å². The first-order valence-corrected chi connectivity index (χ1v) is 9.37. The van der Waals surface area contributed by atoms with Crippen LogP contribution >= 0.6 is 0 Å². The first-order valence-electron chi connectivity index (χ1n) is 9.37. The Morgan fingerprint density at radius 1 is 0.955 bits per heavy atom. The highest BCUT2D eigenvalue weighted by molar-refractivity contribution is 5.44. The topological polar surface area (TPSA) is 0 Å². The predicted molar refractivity (Wildman–Crippen MR) is 94.2 cm³/mol. The number of benzene rings is 1. The van der Waals surface area contributed by atoms with Gasteiger partial charge >= 0.3 is 0 Å². The zero-order valence-electron chi connectivity index (χ0n) is 15.1. The monoisotopic (exact) mass is 296 g/mol. The standard InChI is InChI=1S/C22H32/c1-15-7-8-17-16(13-15)14-19-21(17,4)12-9-18-20(2,3)10-6-11-22(18,19)5/h7-8,13,18-19H,6,9-12,14H2,1-5H3/t18-,19-,21-,22-/m0/s1. The van der Waals surface area contributed by atoms with Crippen molar-refractivity contribution in [1.29, 1.82) is 0 Å². The largest absolute Gasteiger partial charge is 0.0596 e. The van der Waals surface area contributed by atoms with Crippen molar-refractivity contribution in [2.24, 2.45) is 22.7 Å². The first-order chi connectivity index (χ1) is 10.3. The number of hydrogen-bond donors (Lipinski definition) is 0. The Labute approximate surface area is 136 Å². The summed E-state index contributed by atoms with van der Waals surface area (Å²) in [5.74, 6) is 1.78. The average Bonchev–Trinajstić information content (AvgIpc) is 2.71. The van der Waals surface area contributed by atoms with E-state index in [0.717, 1.165) is 11.8 Å². The number of hydrogen-bond acceptors (Lipinski definition) is 0. The molecule has 0 aromatic heterocycles. The lowest BCUT2D eigenvalue weighted by Crippen LogP contribution is -2.55. The van der Waals surface area contributed by atoms with Crippen LogP contribution < -0.4 is 0 Å². The molecule has 4 atom stereocenters. The van der Waals surface area contributed by atoms with Crippen LogP contribution in [0.15, 0.2) is 18.2 Å². The van der Waals surface area contributed by atoms with Crippen LogP contribution in [0.3, 0.4) is 0 Å². The third-order valence-electron chi connectivity index (χ3n) is 8.09. The Bertz CT molecular complexity index is 610. The highest BCUT2D eigenvalue weighted by Gasteiger charge is 2.60. The molecule has 0 heterocycles. The lowest BCUT2D eigenvalue weighted by atomic mass is 9.43. The van der Waals surface area contributed by atoms with E-state index >= 15 is 0 Å². The summed E-state index contributed by atoms with van der Waals surface area (Å²) in [5, 5.41) is 0. The summed E-state index contributed by atoms with van der Waals surface area (Å²) in [5.41, 5.74) is 6.30. The molecule has 3 aliphatic carbocycles. The van der Waals surface area contributed by atoms with E-state index in [1.807, 2.05) is 0 Å². The lowest BCUT2D eigenvalue weighted by molar-refractivity contribution is -0.0982. The van der Waals surface area contributed by atoms with Gasteiger partial charge in [-0.15, -0.1) is 0 Å². The van der Waals surface area contributed by atoms with Gasteiger partial charge in [-0.05, 0) is 78.2 Å². The van der Waals surface area contributed by atoms with Crippen LogP contribution in [-0.4, -0.2) is 0 Å². The maximum Gasteiger partial charge on any atom is -0.00357 e. The van der Waals surface area contributed by atoms with Gasteiger partial charge in [-0.25, -0.2) is 0 Å². The molecule has 2 saturated carbocycles. The summed E-state index contributed by atoms with van der Waals surface area (Å²) >= 11 is 0. The Balaban J connectivity index is 1.81. The molecule has 120 valence electrons. The first kappa shape index (κ1) is 14.8. The molecule has 1 aromatic rings. The summed E-state index contributed by atoms with van der Waals surface area (Å²) in [7, 11) is 0. The molecule has 0 N–H and O–H groups in total. The fourth-order valence-corrected chi connectivity index (χ4v) is 7.10. The second-order valence-corrected chi connectivity index (χ2v) is 9.77. The van der Waals surface area contributed by atoms with Crippen molar-refractivity contribution in [3.05, 3.63) is 34.9 Å². The second-order valence-electron chi connectivity index (χ2n) is 9.77. The van der Waals surface area contributed by atoms with Crippen LogP contribution in [-0.2, 0) is 11.8 Å². The van der Waals surface area contributed by atoms with Crippen LogP contribution in [0.5, 0.6) is 0 Å². The fourth-order valence-electron chi connectivity index (χ4n) is 7.10. The zero-order chi connectivity index (χ0) is 15.8. The van der Waals surface area contributed by atoms with E-state index in [4.69, 9.17) is 0 Å². The van der Waals surface area contributed by atoms with Crippen LogP contribution in [0.25, 0.3) is 0 Å². The molecule has 0 bridgehead atoms. The van der Waals surface area contributed by atoms with E-state index in [0.29, 0.717) is 16.2 Å². The maximum absolute atomic E-state index is 2.65. The summed E-state index contributed by atoms with van der Waals surface area (Å²) in [6.07, 6.45) is 8.48. The molecule has 0 spiro atoms. The summed E-state index contributed by atoms with van der Waals surface area (Å²) < 4.78 is 0. The lowest BCUT2D eigenvalue weighted by Gasteiger charge is -2.61. The maximum atomic E-state index is 2.65. The van der Waals surface area contributed by atoms with E-state index < -0.39 is 0 Å². The van der Waals surface area contributed by atoms with Crippen molar-refractivity contribution in [2.75, 3.05) is 0 Å². The molecule has 0 heteroatoms. The van der Waals surface area contributed by atoms with Crippen LogP contribution in [0.4, 0.5) is 0 Å². The molecule has 0 radical (unpaired) electrons. The summed E-state index contributed by atoms with van der Waals surface area (Å²) in [6.45, 7) is 12.6. The Morgan fingerprint density at radius 3 is 2.50 bits per heavy atom. The molecule has 3 aliphatic rings. The van der Waals surface area contributed by atoms with Gasteiger partial charge in [0.1, 0.15) is 0 Å². The number of rotatable bonds is 0. The Kier molecular flexibility index (Phi) is 2.96. The summed E-state index contributed by atoms with van der Waals surface area (Å²) in [4.78, 5) is 0. The Hall–Kier alpha value is -0.780. The third kappa shape index (κ3) is 1.76. The van der Waals surface area contributed by atoms with E-state index in [9.17, 15) is 0 Å². The molecule has 0 aliphatic heterocycles. The van der Waals surface area contributed by atoms with Gasteiger partial charge in [0.05, 0.1) is 0 Å². The van der Waals surface area contributed by atoms with Crippen molar-refractivity contribution in [3.63, 3.8) is 0 Å². The highest BCUT2D eigenvalue weighted by atomic mass is 14.6. The van der Waals surface area contributed by atoms with Gasteiger partial charge in [-0.3, -0.25) is 0 Å². The number of fused-ring (bicyclic) bond motifs is 5. The highest BCUT2D eigenvalue weighted by Crippen LogP contribution is 2.67. The average molecular weight is 296 g/mol. The van der Waals surface area contributed by atoms with Gasteiger partial charge in [-0.1, -0.05) is 57.9 Å². The van der Waals surface area contributed by atoms with Crippen molar-refractivity contribution >= 4 is 0 Å². The molecule has 1 aromatic carbocycles. The minimum Gasteiger partial charge on any atom is -0.0596 e. The van der Waals surface area contributed by atoms with Crippen LogP contribution in [0.1, 0.15) is 76.5 Å². The summed E-state index contributed by atoms with van der Waals surface area (Å²) in [6, 6.07) is 7.28. The molecular formula is C22H32. The molecule has 22 heavy (non-hydrogen) atoms. The van der Waals surface area contributed by atoms with E-state index in [1.54, 1.807) is 11.1 Å². The predicted octanol–water partition coefficient (Wildman–Crippen LogP) is 6.05. The van der Waals surface area contributed by atoms with E-state index in [1.165, 1.54) is 44.1 Å². The third-order valence-corrected chi connectivity index (χ3v) is 8.09. The molecule has 0 amide bonds. The van der Waals surface area contributed by atoms with Crippen LogP contribution in [0, 0.1) is 29.6 Å². The zero-order valence-corrected chi connectivity index (χ0v) is 15.1. The smallest absolute Gasteiger partial charge is 0.00357 e. The SMILES string of the molecule is Cc1ccc2c(c1)C[C@@H]1[C@@]3(C)CCCC(C)(C)[C@@H]3CC[C@@]21C. The van der Waals surface area contributed by atoms with Gasteiger partial charge < -0.3 is 0 Å². The van der Waals surface area contributed by atoms with Gasteiger partial charge in [0.25, 0.3) is 0 Å². The van der Waals surface area contributed by atoms with Gasteiger partial charge in [0.2, 0.25) is 0 Å². The van der Waals surface area contributed by atoms with E-state index in [-0.39, 0.29) is 0 Å². The fraction of sp³-hybridized carbons (Fsp3) is 0.727. The van der Waals surface area contributed by atoms with Crippen molar-refractivity contribution in [2.45, 2.75) is 78.6 Å². The molecule has 2 fully saturated rings. The van der Waals surface area contributed by atoms with Gasteiger partial charge in [0.15, 0.2) is 0 Å². The molecule has 4 rings (SSSR count). The number of aryl methyl sites for hydroxylation is 1.